The zero-order chi connectivity index (χ0) is 20.8. The first-order valence-electron chi connectivity index (χ1n) is 8.40. The lowest BCUT2D eigenvalue weighted by Gasteiger charge is -2.30. The summed E-state index contributed by atoms with van der Waals surface area (Å²) < 4.78 is 15.2. The molecule has 0 heterocycles. The van der Waals surface area contributed by atoms with Crippen LogP contribution in [0.1, 0.15) is 34.6 Å². The molecule has 0 saturated heterocycles. The predicted molar refractivity (Wildman–Crippen MR) is 98.3 cm³/mol. The van der Waals surface area contributed by atoms with Crippen molar-refractivity contribution in [2.45, 2.75) is 51.8 Å². The van der Waals surface area contributed by atoms with Crippen LogP contribution in [0.4, 0.5) is 5.69 Å². The number of methoxy groups -OCH3 is 1. The third-order valence-corrected chi connectivity index (χ3v) is 3.68. The average Bonchev–Trinajstić information content (AvgIpc) is 2.57. The summed E-state index contributed by atoms with van der Waals surface area (Å²) in [5.74, 6) is -1.50. The van der Waals surface area contributed by atoms with Crippen molar-refractivity contribution in [2.75, 3.05) is 19.0 Å². The molecule has 1 aromatic carbocycles. The Kier molecular flexibility index (Phi) is 7.15. The van der Waals surface area contributed by atoms with Crippen molar-refractivity contribution < 1.29 is 28.7 Å². The van der Waals surface area contributed by atoms with Gasteiger partial charge < -0.3 is 19.5 Å². The van der Waals surface area contributed by atoms with Crippen LogP contribution in [0.3, 0.4) is 0 Å². The molecule has 0 spiro atoms. The fourth-order valence-electron chi connectivity index (χ4n) is 2.19. The van der Waals surface area contributed by atoms with E-state index in [1.807, 2.05) is 0 Å². The van der Waals surface area contributed by atoms with Gasteiger partial charge in [-0.1, -0.05) is 0 Å². The molecule has 1 aromatic rings. The molecule has 0 aromatic heterocycles. The minimum absolute atomic E-state index is 0.00172. The van der Waals surface area contributed by atoms with Gasteiger partial charge >= 0.3 is 17.5 Å². The second-order valence-electron chi connectivity index (χ2n) is 6.96. The van der Waals surface area contributed by atoms with Gasteiger partial charge in [0.1, 0.15) is 11.4 Å². The number of nitrogens with zero attached hydrogens (tertiary/aromatic N) is 1. The van der Waals surface area contributed by atoms with Gasteiger partial charge in [-0.15, -0.1) is 0 Å². The van der Waals surface area contributed by atoms with Crippen molar-refractivity contribution in [3.63, 3.8) is 0 Å². The van der Waals surface area contributed by atoms with E-state index < -0.39 is 34.0 Å². The zero-order valence-electron chi connectivity index (χ0n) is 16.4. The predicted octanol–water partition coefficient (Wildman–Crippen LogP) is 2.42. The summed E-state index contributed by atoms with van der Waals surface area (Å²) in [4.78, 5) is 36.1. The second kappa shape index (κ2) is 8.70. The van der Waals surface area contributed by atoms with Crippen LogP contribution < -0.4 is 10.1 Å². The van der Waals surface area contributed by atoms with Gasteiger partial charge in [0.2, 0.25) is 6.04 Å². The highest BCUT2D eigenvalue weighted by atomic mass is 16.6. The number of rotatable bonds is 8. The SMILES string of the molecule is CCOC(=O)[C@H](Nc1ccc(OC)cc1)[C@@](C)(C(=O)OC(C)(C)C)[N+](=O)[O-]. The van der Waals surface area contributed by atoms with Crippen molar-refractivity contribution in [2.24, 2.45) is 0 Å². The number of benzene rings is 1. The standard InChI is InChI=1S/C18H26N2O7/c1-7-26-15(21)14(19-12-8-10-13(25-6)11-9-12)18(5,20(23)24)16(22)27-17(2,3)4/h8-11,14,19H,7H2,1-6H3/t14-,18-/m0/s1. The number of ether oxygens (including phenoxy) is 3. The van der Waals surface area contributed by atoms with Gasteiger partial charge in [-0.25, -0.2) is 9.59 Å². The summed E-state index contributed by atoms with van der Waals surface area (Å²) in [6.07, 6.45) is 0. The Bertz CT molecular complexity index is 682. The molecule has 0 saturated carbocycles. The molecule has 9 heteroatoms. The van der Waals surface area contributed by atoms with Gasteiger partial charge in [0.15, 0.2) is 0 Å². The third kappa shape index (κ3) is 5.57. The lowest BCUT2D eigenvalue weighted by Crippen LogP contribution is -2.61. The average molecular weight is 382 g/mol. The van der Waals surface area contributed by atoms with E-state index in [2.05, 4.69) is 5.32 Å². The van der Waals surface area contributed by atoms with E-state index in [4.69, 9.17) is 14.2 Å². The first kappa shape index (κ1) is 22.2. The molecule has 9 nitrogen and oxygen atoms in total. The molecule has 0 bridgehead atoms. The molecule has 0 aliphatic carbocycles. The molecule has 27 heavy (non-hydrogen) atoms. The maximum atomic E-state index is 12.6. The lowest BCUT2D eigenvalue weighted by atomic mass is 9.92. The fourth-order valence-corrected chi connectivity index (χ4v) is 2.19. The third-order valence-electron chi connectivity index (χ3n) is 3.68. The molecule has 0 aliphatic rings. The number of nitro groups is 1. The number of carbonyl (C=O) groups is 2. The molecule has 0 radical (unpaired) electrons. The molecule has 0 unspecified atom stereocenters. The Labute approximate surface area is 158 Å². The Morgan fingerprint density at radius 3 is 2.15 bits per heavy atom. The molecule has 150 valence electrons. The number of anilines is 1. The van der Waals surface area contributed by atoms with Crippen LogP contribution in [0, 0.1) is 10.1 Å². The number of carbonyl (C=O) groups excluding carboxylic acids is 2. The van der Waals surface area contributed by atoms with E-state index >= 15 is 0 Å². The summed E-state index contributed by atoms with van der Waals surface area (Å²) in [6, 6.07) is 4.76. The van der Waals surface area contributed by atoms with Crippen LogP contribution in [-0.2, 0) is 19.1 Å². The van der Waals surface area contributed by atoms with Gasteiger partial charge in [-0.2, -0.15) is 0 Å². The smallest absolute Gasteiger partial charge is 0.387 e. The van der Waals surface area contributed by atoms with Gasteiger partial charge in [0.05, 0.1) is 13.7 Å². The van der Waals surface area contributed by atoms with Crippen LogP contribution in [0.15, 0.2) is 24.3 Å². The monoisotopic (exact) mass is 382 g/mol. The first-order chi connectivity index (χ1) is 12.5. The minimum atomic E-state index is -2.40. The van der Waals surface area contributed by atoms with E-state index in [0.29, 0.717) is 11.4 Å². The topological polar surface area (TPSA) is 117 Å². The molecular formula is C18H26N2O7. The quantitative estimate of drug-likeness (QED) is 0.414. The number of nitrogens with one attached hydrogen (secondary N) is 1. The highest BCUT2D eigenvalue weighted by Gasteiger charge is 2.59. The Morgan fingerprint density at radius 2 is 1.74 bits per heavy atom. The number of esters is 2. The second-order valence-corrected chi connectivity index (χ2v) is 6.96. The summed E-state index contributed by atoms with van der Waals surface area (Å²) in [7, 11) is 1.50. The maximum Gasteiger partial charge on any atom is 0.387 e. The molecule has 2 atom stereocenters. The van der Waals surface area contributed by atoms with Crippen LogP contribution >= 0.6 is 0 Å². The van der Waals surface area contributed by atoms with Crippen LogP contribution in [0.5, 0.6) is 5.75 Å². The Morgan fingerprint density at radius 1 is 1.19 bits per heavy atom. The van der Waals surface area contributed by atoms with Crippen molar-refractivity contribution >= 4 is 17.6 Å². The van der Waals surface area contributed by atoms with E-state index in [9.17, 15) is 19.7 Å². The fraction of sp³-hybridized carbons (Fsp3) is 0.556. The molecule has 1 N–H and O–H groups in total. The Hall–Kier alpha value is -2.84. The minimum Gasteiger partial charge on any atom is -0.497 e. The van der Waals surface area contributed by atoms with Crippen molar-refractivity contribution in [3.8, 4) is 5.75 Å². The van der Waals surface area contributed by atoms with Gasteiger partial charge in [-0.05, 0) is 52.0 Å². The van der Waals surface area contributed by atoms with E-state index in [-0.39, 0.29) is 6.61 Å². The van der Waals surface area contributed by atoms with Gasteiger partial charge in [-0.3, -0.25) is 10.1 Å². The van der Waals surface area contributed by atoms with Crippen LogP contribution in [-0.4, -0.2) is 47.8 Å². The summed E-state index contributed by atoms with van der Waals surface area (Å²) >= 11 is 0. The number of hydrogen-bond donors (Lipinski definition) is 1. The van der Waals surface area contributed by atoms with E-state index in [1.165, 1.54) is 7.11 Å². The first-order valence-corrected chi connectivity index (χ1v) is 8.40. The lowest BCUT2D eigenvalue weighted by molar-refractivity contribution is -0.551. The highest BCUT2D eigenvalue weighted by Crippen LogP contribution is 2.26. The van der Waals surface area contributed by atoms with Crippen molar-refractivity contribution in [1.82, 2.24) is 0 Å². The van der Waals surface area contributed by atoms with Crippen molar-refractivity contribution in [1.29, 1.82) is 0 Å². The maximum absolute atomic E-state index is 12.6. The van der Waals surface area contributed by atoms with Crippen LogP contribution in [0.25, 0.3) is 0 Å². The number of hydrogen-bond acceptors (Lipinski definition) is 8. The van der Waals surface area contributed by atoms with Gasteiger partial charge in [0.25, 0.3) is 0 Å². The molecular weight excluding hydrogens is 356 g/mol. The highest BCUT2D eigenvalue weighted by molar-refractivity contribution is 5.91. The normalized spacial score (nSPS) is 14.4. The zero-order valence-corrected chi connectivity index (χ0v) is 16.4. The van der Waals surface area contributed by atoms with Crippen LogP contribution in [0.2, 0.25) is 0 Å². The molecule has 0 aliphatic heterocycles. The summed E-state index contributed by atoms with van der Waals surface area (Å²) in [6.45, 7) is 7.37. The summed E-state index contributed by atoms with van der Waals surface area (Å²) in [5, 5.41) is 14.6. The Balaban J connectivity index is 3.32. The molecule has 1 rings (SSSR count). The van der Waals surface area contributed by atoms with E-state index in [1.54, 1.807) is 52.0 Å². The van der Waals surface area contributed by atoms with Gasteiger partial charge in [0, 0.05) is 17.5 Å². The summed E-state index contributed by atoms with van der Waals surface area (Å²) in [5.41, 5.74) is -2.99. The molecule has 0 fully saturated rings. The van der Waals surface area contributed by atoms with Crippen molar-refractivity contribution in [3.05, 3.63) is 34.4 Å². The largest absolute Gasteiger partial charge is 0.497 e. The molecule has 0 amide bonds. The van der Waals surface area contributed by atoms with E-state index in [0.717, 1.165) is 6.92 Å².